The van der Waals surface area contributed by atoms with E-state index >= 15 is 0 Å². The maximum atomic E-state index is 6.29. The Labute approximate surface area is 130 Å². The van der Waals surface area contributed by atoms with Crippen LogP contribution in [0, 0.1) is 6.92 Å². The molecule has 0 aliphatic carbocycles. The number of aromatic nitrogens is 3. The molecule has 2 aromatic heterocycles. The van der Waals surface area contributed by atoms with Gasteiger partial charge in [-0.3, -0.25) is 9.55 Å². The number of halogens is 2. The lowest BCUT2D eigenvalue weighted by molar-refractivity contribution is 0.881. The Balaban J connectivity index is 2.33. The number of fused-ring (bicyclic) bond motifs is 1. The summed E-state index contributed by atoms with van der Waals surface area (Å²) in [7, 11) is 0. The Morgan fingerprint density at radius 1 is 1.30 bits per heavy atom. The summed E-state index contributed by atoms with van der Waals surface area (Å²) in [5.74, 6) is 0.830. The third kappa shape index (κ3) is 2.23. The molecule has 0 N–H and O–H groups in total. The molecule has 0 saturated heterocycles. The van der Waals surface area contributed by atoms with Crippen molar-refractivity contribution in [2.24, 2.45) is 0 Å². The predicted octanol–water partition coefficient (Wildman–Crippen LogP) is 4.79. The molecule has 1 unspecified atom stereocenters. The molecule has 0 aliphatic heterocycles. The molecule has 0 fully saturated rings. The summed E-state index contributed by atoms with van der Waals surface area (Å²) in [5.41, 5.74) is 4.10. The van der Waals surface area contributed by atoms with E-state index in [0.29, 0.717) is 0 Å². The Hall–Kier alpha value is -1.39. The van der Waals surface area contributed by atoms with Gasteiger partial charge in [0.05, 0.1) is 17.1 Å². The number of pyridine rings is 1. The van der Waals surface area contributed by atoms with Gasteiger partial charge in [-0.1, -0.05) is 15.9 Å². The van der Waals surface area contributed by atoms with E-state index in [9.17, 15) is 0 Å². The van der Waals surface area contributed by atoms with Crippen molar-refractivity contribution >= 4 is 38.6 Å². The third-order valence-corrected chi connectivity index (χ3v) is 4.32. The molecule has 0 amide bonds. The maximum absolute atomic E-state index is 6.29. The smallest absolute Gasteiger partial charge is 0.132 e. The number of nitrogens with zero attached hydrogens (tertiary/aromatic N) is 3. The first-order chi connectivity index (χ1) is 9.58. The van der Waals surface area contributed by atoms with E-state index in [4.69, 9.17) is 11.6 Å². The van der Waals surface area contributed by atoms with E-state index in [1.54, 1.807) is 12.4 Å². The SMILES string of the molecule is Cc1cc(-n2c(C(C)Cl)nc3cnccc32)ccc1Br. The molecule has 0 spiro atoms. The van der Waals surface area contributed by atoms with Crippen LogP contribution in [0.25, 0.3) is 16.7 Å². The predicted molar refractivity (Wildman–Crippen MR) is 85.6 cm³/mol. The molecule has 1 atom stereocenters. The van der Waals surface area contributed by atoms with Crippen LogP contribution in [0.3, 0.4) is 0 Å². The van der Waals surface area contributed by atoms with Crippen molar-refractivity contribution in [2.75, 3.05) is 0 Å². The van der Waals surface area contributed by atoms with Crippen LogP contribution in [0.5, 0.6) is 0 Å². The van der Waals surface area contributed by atoms with Crippen molar-refractivity contribution in [3.63, 3.8) is 0 Å². The highest BCUT2D eigenvalue weighted by molar-refractivity contribution is 9.10. The second-order valence-corrected chi connectivity index (χ2v) is 6.23. The number of alkyl halides is 1. The highest BCUT2D eigenvalue weighted by Gasteiger charge is 2.16. The maximum Gasteiger partial charge on any atom is 0.132 e. The lowest BCUT2D eigenvalue weighted by Crippen LogP contribution is -2.02. The van der Waals surface area contributed by atoms with Crippen LogP contribution in [0.2, 0.25) is 0 Å². The first-order valence-electron chi connectivity index (χ1n) is 6.31. The highest BCUT2D eigenvalue weighted by Crippen LogP contribution is 2.29. The summed E-state index contributed by atoms with van der Waals surface area (Å²) in [6, 6.07) is 8.18. The van der Waals surface area contributed by atoms with Crippen LogP contribution >= 0.6 is 27.5 Å². The van der Waals surface area contributed by atoms with Gasteiger partial charge in [-0.2, -0.15) is 0 Å². The van der Waals surface area contributed by atoms with Crippen LogP contribution in [-0.4, -0.2) is 14.5 Å². The van der Waals surface area contributed by atoms with Gasteiger partial charge in [-0.05, 0) is 43.7 Å². The van der Waals surface area contributed by atoms with Crippen molar-refractivity contribution < 1.29 is 0 Å². The van der Waals surface area contributed by atoms with Crippen LogP contribution in [0.1, 0.15) is 23.7 Å². The summed E-state index contributed by atoms with van der Waals surface area (Å²) in [5, 5.41) is -0.175. The zero-order valence-corrected chi connectivity index (χ0v) is 13.5. The summed E-state index contributed by atoms with van der Waals surface area (Å²) in [6.07, 6.45) is 3.54. The molecule has 102 valence electrons. The van der Waals surface area contributed by atoms with Gasteiger partial charge in [0.25, 0.3) is 0 Å². The molecule has 1 aromatic carbocycles. The Morgan fingerprint density at radius 3 is 2.80 bits per heavy atom. The van der Waals surface area contributed by atoms with E-state index < -0.39 is 0 Å². The molecule has 3 nitrogen and oxygen atoms in total. The quantitative estimate of drug-likeness (QED) is 0.622. The minimum absolute atomic E-state index is 0.175. The number of rotatable bonds is 2. The molecule has 0 bridgehead atoms. The van der Waals surface area contributed by atoms with Crippen molar-refractivity contribution in [3.05, 3.63) is 52.5 Å². The first-order valence-corrected chi connectivity index (χ1v) is 7.54. The molecule has 0 radical (unpaired) electrons. The molecule has 2 heterocycles. The van der Waals surface area contributed by atoms with E-state index in [0.717, 1.165) is 27.0 Å². The fraction of sp³-hybridized carbons (Fsp3) is 0.200. The highest BCUT2D eigenvalue weighted by atomic mass is 79.9. The lowest BCUT2D eigenvalue weighted by atomic mass is 10.2. The van der Waals surface area contributed by atoms with Gasteiger partial charge in [0.1, 0.15) is 11.3 Å². The van der Waals surface area contributed by atoms with Gasteiger partial charge in [0.2, 0.25) is 0 Å². The molecule has 3 rings (SSSR count). The minimum Gasteiger partial charge on any atom is -0.295 e. The standard InChI is InChI=1S/C15H13BrClN3/c1-9-7-11(3-4-12(9)16)20-14-5-6-18-8-13(14)19-15(20)10(2)17/h3-8,10H,1-2H3. The van der Waals surface area contributed by atoms with Gasteiger partial charge in [0.15, 0.2) is 0 Å². The fourth-order valence-electron chi connectivity index (χ4n) is 2.26. The van der Waals surface area contributed by atoms with Gasteiger partial charge < -0.3 is 0 Å². The summed E-state index contributed by atoms with van der Waals surface area (Å²) < 4.78 is 3.18. The Morgan fingerprint density at radius 2 is 2.10 bits per heavy atom. The number of imidazole rings is 1. The molecule has 0 aliphatic rings. The molecular weight excluding hydrogens is 338 g/mol. The zero-order chi connectivity index (χ0) is 14.3. The summed E-state index contributed by atoms with van der Waals surface area (Å²) in [6.45, 7) is 4.00. The largest absolute Gasteiger partial charge is 0.295 e. The summed E-state index contributed by atoms with van der Waals surface area (Å²) in [4.78, 5) is 8.72. The van der Waals surface area contributed by atoms with Gasteiger partial charge in [-0.15, -0.1) is 11.6 Å². The summed E-state index contributed by atoms with van der Waals surface area (Å²) >= 11 is 9.82. The van der Waals surface area contributed by atoms with Gasteiger partial charge in [-0.25, -0.2) is 4.98 Å². The Bertz CT molecular complexity index is 780. The minimum atomic E-state index is -0.175. The zero-order valence-electron chi connectivity index (χ0n) is 11.1. The van der Waals surface area contributed by atoms with Crippen molar-refractivity contribution in [3.8, 4) is 5.69 Å². The van der Waals surface area contributed by atoms with Crippen molar-refractivity contribution in [1.29, 1.82) is 0 Å². The van der Waals surface area contributed by atoms with Crippen molar-refractivity contribution in [1.82, 2.24) is 14.5 Å². The van der Waals surface area contributed by atoms with E-state index in [2.05, 4.69) is 49.5 Å². The number of hydrogen-bond acceptors (Lipinski definition) is 2. The van der Waals surface area contributed by atoms with Gasteiger partial charge >= 0.3 is 0 Å². The van der Waals surface area contributed by atoms with Crippen LogP contribution in [0.4, 0.5) is 0 Å². The van der Waals surface area contributed by atoms with Crippen LogP contribution in [0.15, 0.2) is 41.1 Å². The number of hydrogen-bond donors (Lipinski definition) is 0. The lowest BCUT2D eigenvalue weighted by Gasteiger charge is -2.12. The van der Waals surface area contributed by atoms with E-state index in [-0.39, 0.29) is 5.38 Å². The molecule has 5 heteroatoms. The molecule has 0 saturated carbocycles. The molecule has 20 heavy (non-hydrogen) atoms. The number of benzene rings is 1. The van der Waals surface area contributed by atoms with Gasteiger partial charge in [0, 0.05) is 16.4 Å². The second-order valence-electron chi connectivity index (χ2n) is 4.72. The number of aryl methyl sites for hydroxylation is 1. The average molecular weight is 351 g/mol. The van der Waals surface area contributed by atoms with E-state index in [1.165, 1.54) is 5.56 Å². The van der Waals surface area contributed by atoms with Crippen molar-refractivity contribution in [2.45, 2.75) is 19.2 Å². The average Bonchev–Trinajstić information content (AvgIpc) is 2.81. The second kappa shape index (κ2) is 5.19. The molecule has 3 aromatic rings. The van der Waals surface area contributed by atoms with Crippen LogP contribution in [-0.2, 0) is 0 Å². The third-order valence-electron chi connectivity index (χ3n) is 3.24. The normalized spacial score (nSPS) is 12.8. The first kappa shape index (κ1) is 13.6. The van der Waals surface area contributed by atoms with E-state index in [1.807, 2.05) is 19.1 Å². The topological polar surface area (TPSA) is 30.7 Å². The molecular formula is C15H13BrClN3. The Kier molecular flexibility index (Phi) is 3.52. The van der Waals surface area contributed by atoms with Crippen LogP contribution < -0.4 is 0 Å². The fourth-order valence-corrected chi connectivity index (χ4v) is 2.65. The monoisotopic (exact) mass is 349 g/mol.